The highest BCUT2D eigenvalue weighted by atomic mass is 35.5. The largest absolute Gasteiger partial charge is 0.377 e. The van der Waals surface area contributed by atoms with Crippen molar-refractivity contribution in [3.05, 3.63) is 28.8 Å². The molecule has 0 atom stereocenters. The van der Waals surface area contributed by atoms with Crippen LogP contribution in [-0.4, -0.2) is 32.1 Å². The Balaban J connectivity index is 2.66. The molecule has 0 aliphatic carbocycles. The average Bonchev–Trinajstić information content (AvgIpc) is 2.27. The first-order chi connectivity index (χ1) is 8.41. The highest BCUT2D eigenvalue weighted by Gasteiger charge is 2.08. The zero-order valence-electron chi connectivity index (χ0n) is 11.4. The summed E-state index contributed by atoms with van der Waals surface area (Å²) in [6.45, 7) is 6.99. The van der Waals surface area contributed by atoms with Crippen LogP contribution in [0, 0.1) is 0 Å². The van der Waals surface area contributed by atoms with E-state index in [0.29, 0.717) is 17.2 Å². The molecular weight excluding hydrogens is 250 g/mol. The molecule has 1 aromatic rings. The minimum Gasteiger partial charge on any atom is -0.377 e. The first-order valence-corrected chi connectivity index (χ1v) is 6.43. The van der Waals surface area contributed by atoms with Crippen molar-refractivity contribution in [1.82, 2.24) is 0 Å². The summed E-state index contributed by atoms with van der Waals surface area (Å²) in [5.74, 6) is -0.0163. The molecule has 0 saturated heterocycles. The molecular formula is C14H20ClNO2. The maximum Gasteiger partial charge on any atom is 0.161 e. The van der Waals surface area contributed by atoms with Crippen molar-refractivity contribution in [3.8, 4) is 0 Å². The van der Waals surface area contributed by atoms with Gasteiger partial charge in [-0.3, -0.25) is 4.79 Å². The molecule has 1 aromatic carbocycles. The van der Waals surface area contributed by atoms with Gasteiger partial charge in [0.1, 0.15) is 0 Å². The highest BCUT2D eigenvalue weighted by Crippen LogP contribution is 2.23. The lowest BCUT2D eigenvalue weighted by atomic mass is 10.1. The van der Waals surface area contributed by atoms with E-state index in [1.54, 1.807) is 6.07 Å². The fourth-order valence-electron chi connectivity index (χ4n) is 1.58. The molecule has 0 unspecified atom stereocenters. The smallest absolute Gasteiger partial charge is 0.161 e. The molecule has 3 nitrogen and oxygen atoms in total. The zero-order valence-corrected chi connectivity index (χ0v) is 12.1. The Labute approximate surface area is 114 Å². The topological polar surface area (TPSA) is 29.5 Å². The van der Waals surface area contributed by atoms with Gasteiger partial charge in [0.15, 0.2) is 5.78 Å². The molecule has 0 aliphatic heterocycles. The van der Waals surface area contributed by atoms with Gasteiger partial charge < -0.3 is 9.64 Å². The van der Waals surface area contributed by atoms with Gasteiger partial charge in [-0.25, -0.2) is 0 Å². The lowest BCUT2D eigenvalue weighted by Crippen LogP contribution is -2.23. The molecule has 0 bridgehead atoms. The number of benzene rings is 1. The first-order valence-electron chi connectivity index (χ1n) is 6.05. The Kier molecular flexibility index (Phi) is 5.63. The molecule has 0 aromatic heterocycles. The second-order valence-corrected chi connectivity index (χ2v) is 4.97. The molecule has 0 radical (unpaired) electrons. The molecule has 1 rings (SSSR count). The van der Waals surface area contributed by atoms with Gasteiger partial charge in [0, 0.05) is 24.8 Å². The maximum atomic E-state index is 11.3. The first kappa shape index (κ1) is 15.0. The number of likely N-dealkylation sites (N-methyl/N-ethyl adjacent to an activating group) is 1. The second kappa shape index (κ2) is 6.76. The number of hydrogen-bond donors (Lipinski definition) is 0. The summed E-state index contributed by atoms with van der Waals surface area (Å²) in [5, 5.41) is 0.497. The van der Waals surface area contributed by atoms with Crippen LogP contribution < -0.4 is 4.90 Å². The molecule has 4 heteroatoms. The van der Waals surface area contributed by atoms with Gasteiger partial charge in [-0.15, -0.1) is 0 Å². The number of carbonyl (C=O) groups excluding carboxylic acids is 1. The van der Waals surface area contributed by atoms with E-state index in [1.807, 2.05) is 33.0 Å². The Morgan fingerprint density at radius 3 is 2.61 bits per heavy atom. The number of rotatable bonds is 6. The van der Waals surface area contributed by atoms with Crippen LogP contribution in [0.4, 0.5) is 5.69 Å². The van der Waals surface area contributed by atoms with E-state index in [-0.39, 0.29) is 11.9 Å². The number of hydrogen-bond acceptors (Lipinski definition) is 3. The van der Waals surface area contributed by atoms with Crippen LogP contribution in [-0.2, 0) is 4.74 Å². The summed E-state index contributed by atoms with van der Waals surface area (Å²) in [7, 11) is 1.97. The summed E-state index contributed by atoms with van der Waals surface area (Å²) in [5.41, 5.74) is 1.55. The van der Waals surface area contributed by atoms with E-state index in [4.69, 9.17) is 16.3 Å². The molecule has 0 spiro atoms. The number of ether oxygens (including phenoxy) is 1. The van der Waals surface area contributed by atoms with E-state index in [1.165, 1.54) is 6.92 Å². The van der Waals surface area contributed by atoms with Gasteiger partial charge in [-0.1, -0.05) is 11.6 Å². The molecule has 0 amide bonds. The van der Waals surface area contributed by atoms with Gasteiger partial charge in [-0.2, -0.15) is 0 Å². The van der Waals surface area contributed by atoms with Crippen molar-refractivity contribution in [1.29, 1.82) is 0 Å². The minimum absolute atomic E-state index is 0.0163. The number of anilines is 1. The van der Waals surface area contributed by atoms with Gasteiger partial charge in [-0.05, 0) is 39.0 Å². The van der Waals surface area contributed by atoms with Crippen molar-refractivity contribution >= 4 is 23.1 Å². The molecule has 0 heterocycles. The Morgan fingerprint density at radius 1 is 1.44 bits per heavy atom. The van der Waals surface area contributed by atoms with Crippen molar-refractivity contribution in [2.24, 2.45) is 0 Å². The van der Waals surface area contributed by atoms with Crippen molar-refractivity contribution < 1.29 is 9.53 Å². The standard InChI is InChI=1S/C14H20ClNO2/c1-10(2)18-8-7-16(4)12-5-6-13(11(3)17)14(15)9-12/h5-6,9-10H,7-8H2,1-4H3. The van der Waals surface area contributed by atoms with E-state index >= 15 is 0 Å². The summed E-state index contributed by atoms with van der Waals surface area (Å²) in [6, 6.07) is 5.48. The summed E-state index contributed by atoms with van der Waals surface area (Å²) < 4.78 is 5.50. The van der Waals surface area contributed by atoms with E-state index in [0.717, 1.165) is 12.2 Å². The van der Waals surface area contributed by atoms with E-state index in [2.05, 4.69) is 4.90 Å². The number of halogens is 1. The number of Topliss-reactive ketones (excluding diaryl/α,β-unsaturated/α-hetero) is 1. The Bertz CT molecular complexity index is 418. The van der Waals surface area contributed by atoms with Crippen LogP contribution in [0.25, 0.3) is 0 Å². The fourth-order valence-corrected chi connectivity index (χ4v) is 1.89. The normalized spacial score (nSPS) is 10.8. The summed E-state index contributed by atoms with van der Waals surface area (Å²) in [6.07, 6.45) is 0.238. The molecule has 0 N–H and O–H groups in total. The minimum atomic E-state index is -0.0163. The number of nitrogens with zero attached hydrogens (tertiary/aromatic N) is 1. The van der Waals surface area contributed by atoms with Crippen molar-refractivity contribution in [2.45, 2.75) is 26.9 Å². The van der Waals surface area contributed by atoms with Crippen LogP contribution in [0.2, 0.25) is 5.02 Å². The Morgan fingerprint density at radius 2 is 2.11 bits per heavy atom. The van der Waals surface area contributed by atoms with Crippen LogP contribution >= 0.6 is 11.6 Å². The second-order valence-electron chi connectivity index (χ2n) is 4.56. The predicted molar refractivity (Wildman–Crippen MR) is 75.8 cm³/mol. The third kappa shape index (κ3) is 4.31. The lowest BCUT2D eigenvalue weighted by Gasteiger charge is -2.20. The molecule has 18 heavy (non-hydrogen) atoms. The van der Waals surface area contributed by atoms with Crippen molar-refractivity contribution in [3.63, 3.8) is 0 Å². The quantitative estimate of drug-likeness (QED) is 0.742. The molecule has 0 fully saturated rings. The molecule has 0 saturated carbocycles. The predicted octanol–water partition coefficient (Wildman–Crippen LogP) is 3.40. The van der Waals surface area contributed by atoms with E-state index < -0.39 is 0 Å². The van der Waals surface area contributed by atoms with Gasteiger partial charge in [0.2, 0.25) is 0 Å². The van der Waals surface area contributed by atoms with Gasteiger partial charge in [0.25, 0.3) is 0 Å². The van der Waals surface area contributed by atoms with Crippen molar-refractivity contribution in [2.75, 3.05) is 25.1 Å². The summed E-state index contributed by atoms with van der Waals surface area (Å²) >= 11 is 6.07. The van der Waals surface area contributed by atoms with Crippen LogP contribution in [0.3, 0.4) is 0 Å². The lowest BCUT2D eigenvalue weighted by molar-refractivity contribution is 0.0846. The molecule has 100 valence electrons. The monoisotopic (exact) mass is 269 g/mol. The maximum absolute atomic E-state index is 11.3. The van der Waals surface area contributed by atoms with E-state index in [9.17, 15) is 4.79 Å². The third-order valence-electron chi connectivity index (χ3n) is 2.65. The third-order valence-corrected chi connectivity index (χ3v) is 2.96. The zero-order chi connectivity index (χ0) is 13.7. The van der Waals surface area contributed by atoms with Gasteiger partial charge >= 0.3 is 0 Å². The molecule has 0 aliphatic rings. The van der Waals surface area contributed by atoms with Crippen LogP contribution in [0.15, 0.2) is 18.2 Å². The van der Waals surface area contributed by atoms with Crippen LogP contribution in [0.5, 0.6) is 0 Å². The fraction of sp³-hybridized carbons (Fsp3) is 0.500. The van der Waals surface area contributed by atoms with Crippen LogP contribution in [0.1, 0.15) is 31.1 Å². The summed E-state index contributed by atoms with van der Waals surface area (Å²) in [4.78, 5) is 13.3. The highest BCUT2D eigenvalue weighted by molar-refractivity contribution is 6.34. The van der Waals surface area contributed by atoms with Gasteiger partial charge in [0.05, 0.1) is 17.7 Å². The Hall–Kier alpha value is -1.06. The average molecular weight is 270 g/mol. The SMILES string of the molecule is CC(=O)c1ccc(N(C)CCOC(C)C)cc1Cl. The number of carbonyl (C=O) groups is 1. The number of ketones is 1.